The molecule has 3 N–H and O–H groups in total. The highest BCUT2D eigenvalue weighted by molar-refractivity contribution is 14.0. The smallest absolute Gasteiger partial charge is 0.191 e. The van der Waals surface area contributed by atoms with Crippen molar-refractivity contribution < 1.29 is 0 Å². The Kier molecular flexibility index (Phi) is 8.51. The first-order valence-corrected chi connectivity index (χ1v) is 9.64. The van der Waals surface area contributed by atoms with E-state index in [1.54, 1.807) is 7.05 Å². The Labute approximate surface area is 190 Å². The Morgan fingerprint density at radius 3 is 2.76 bits per heavy atom. The summed E-state index contributed by atoms with van der Waals surface area (Å²) in [5.74, 6) is 0.812. The molecule has 0 fully saturated rings. The second-order valence-electron chi connectivity index (χ2n) is 7.42. The van der Waals surface area contributed by atoms with Gasteiger partial charge in [-0.25, -0.2) is 0 Å². The third-order valence-corrected chi connectivity index (χ3v) is 5.03. The molecule has 0 radical (unpaired) electrons. The van der Waals surface area contributed by atoms with Gasteiger partial charge in [0.1, 0.15) is 0 Å². The molecule has 1 unspecified atom stereocenters. The van der Waals surface area contributed by atoms with E-state index in [0.29, 0.717) is 0 Å². The summed E-state index contributed by atoms with van der Waals surface area (Å²) in [7, 11) is 7.90. The van der Waals surface area contributed by atoms with Gasteiger partial charge in [0, 0.05) is 56.0 Å². The zero-order valence-corrected chi connectivity index (χ0v) is 20.2. The number of aliphatic imine (C=N–C) groups is 1. The number of aryl methyl sites for hydroxylation is 2. The van der Waals surface area contributed by atoms with Crippen LogP contribution in [0, 0.1) is 6.92 Å². The van der Waals surface area contributed by atoms with Crippen LogP contribution in [0.3, 0.4) is 0 Å². The topological polar surface area (TPSA) is 73.3 Å². The molecule has 0 amide bonds. The molecule has 3 aromatic rings. The van der Waals surface area contributed by atoms with Crippen molar-refractivity contribution in [1.29, 1.82) is 0 Å². The van der Waals surface area contributed by atoms with Gasteiger partial charge in [0.2, 0.25) is 0 Å². The van der Waals surface area contributed by atoms with E-state index in [1.165, 1.54) is 27.6 Å². The zero-order chi connectivity index (χ0) is 20.1. The number of hydrogen-bond donors (Lipinski definition) is 3. The van der Waals surface area contributed by atoms with E-state index in [1.807, 2.05) is 17.9 Å². The lowest BCUT2D eigenvalue weighted by molar-refractivity contribution is 0.298. The lowest BCUT2D eigenvalue weighted by Crippen LogP contribution is -2.42. The summed E-state index contributed by atoms with van der Waals surface area (Å²) < 4.78 is 1.83. The number of halogens is 1. The first kappa shape index (κ1) is 23.2. The molecule has 8 heteroatoms. The number of guanidine groups is 1. The van der Waals surface area contributed by atoms with Crippen molar-refractivity contribution >= 4 is 40.8 Å². The molecule has 0 saturated carbocycles. The fourth-order valence-electron chi connectivity index (χ4n) is 3.45. The number of benzene rings is 1. The standard InChI is InChI=1S/C21H31N7.HI/c1-15-6-7-18-16(11-24-19(18)10-15)8-9-23-21(22-2)25-13-20(27(3)4)17-12-26-28(5)14-17;/h6-7,10-12,14,20,24H,8-9,13H2,1-5H3,(H2,22,23,25);1H. The van der Waals surface area contributed by atoms with Crippen LogP contribution < -0.4 is 10.6 Å². The summed E-state index contributed by atoms with van der Waals surface area (Å²) >= 11 is 0. The van der Waals surface area contributed by atoms with Gasteiger partial charge in [-0.2, -0.15) is 5.10 Å². The molecule has 0 aliphatic heterocycles. The highest BCUT2D eigenvalue weighted by atomic mass is 127. The second kappa shape index (κ2) is 10.6. The summed E-state index contributed by atoms with van der Waals surface area (Å²) in [6, 6.07) is 6.77. The van der Waals surface area contributed by atoms with Crippen LogP contribution in [0.25, 0.3) is 10.9 Å². The van der Waals surface area contributed by atoms with Crippen molar-refractivity contribution in [2.24, 2.45) is 12.0 Å². The number of aromatic amines is 1. The minimum absolute atomic E-state index is 0. The highest BCUT2D eigenvalue weighted by Crippen LogP contribution is 2.19. The van der Waals surface area contributed by atoms with Crippen molar-refractivity contribution in [1.82, 2.24) is 30.3 Å². The Bertz CT molecular complexity index is 942. The van der Waals surface area contributed by atoms with Gasteiger partial charge in [0.05, 0.1) is 12.2 Å². The first-order valence-electron chi connectivity index (χ1n) is 9.64. The largest absolute Gasteiger partial charge is 0.361 e. The first-order chi connectivity index (χ1) is 13.5. The highest BCUT2D eigenvalue weighted by Gasteiger charge is 2.16. The van der Waals surface area contributed by atoms with E-state index in [9.17, 15) is 0 Å². The predicted octanol–water partition coefficient (Wildman–Crippen LogP) is 2.84. The minimum Gasteiger partial charge on any atom is -0.361 e. The number of H-pyrrole nitrogens is 1. The fraction of sp³-hybridized carbons (Fsp3) is 0.429. The van der Waals surface area contributed by atoms with Crippen LogP contribution in [0.4, 0.5) is 0 Å². The molecule has 7 nitrogen and oxygen atoms in total. The number of hydrogen-bond acceptors (Lipinski definition) is 3. The molecule has 2 heterocycles. The molecule has 3 rings (SSSR count). The van der Waals surface area contributed by atoms with Crippen molar-refractivity contribution in [3.8, 4) is 0 Å². The van der Waals surface area contributed by atoms with E-state index in [-0.39, 0.29) is 30.0 Å². The maximum Gasteiger partial charge on any atom is 0.191 e. The van der Waals surface area contributed by atoms with Crippen LogP contribution >= 0.6 is 24.0 Å². The summed E-state index contributed by atoms with van der Waals surface area (Å²) in [6.07, 6.45) is 7.01. The molecule has 158 valence electrons. The van der Waals surface area contributed by atoms with Crippen LogP contribution in [0.2, 0.25) is 0 Å². The number of rotatable bonds is 7. The van der Waals surface area contributed by atoms with Crippen molar-refractivity contribution in [3.63, 3.8) is 0 Å². The number of likely N-dealkylation sites (N-methyl/N-ethyl adjacent to an activating group) is 1. The van der Waals surface area contributed by atoms with Crippen molar-refractivity contribution in [3.05, 3.63) is 53.5 Å². The summed E-state index contributed by atoms with van der Waals surface area (Å²) in [5, 5.41) is 12.4. The maximum atomic E-state index is 4.36. The molecule has 0 bridgehead atoms. The molecule has 0 aliphatic rings. The molecular weight excluding hydrogens is 477 g/mol. The monoisotopic (exact) mass is 509 g/mol. The summed E-state index contributed by atoms with van der Waals surface area (Å²) in [6.45, 7) is 3.69. The SMILES string of the molecule is CN=C(NCCc1c[nH]c2cc(C)ccc12)NCC(c1cnn(C)c1)N(C)C.I. The van der Waals surface area contributed by atoms with Gasteiger partial charge in [-0.1, -0.05) is 12.1 Å². The molecule has 0 aliphatic carbocycles. The van der Waals surface area contributed by atoms with Crippen LogP contribution in [-0.4, -0.2) is 59.9 Å². The van der Waals surface area contributed by atoms with E-state index in [0.717, 1.165) is 25.5 Å². The molecule has 1 aromatic carbocycles. The predicted molar refractivity (Wildman–Crippen MR) is 131 cm³/mol. The van der Waals surface area contributed by atoms with Crippen LogP contribution in [0.1, 0.15) is 22.7 Å². The van der Waals surface area contributed by atoms with Crippen molar-refractivity contribution in [2.45, 2.75) is 19.4 Å². The fourth-order valence-corrected chi connectivity index (χ4v) is 3.45. The molecule has 1 atom stereocenters. The van der Waals surface area contributed by atoms with Gasteiger partial charge in [0.15, 0.2) is 5.96 Å². The number of nitrogens with one attached hydrogen (secondary N) is 3. The van der Waals surface area contributed by atoms with Gasteiger partial charge < -0.3 is 20.5 Å². The second-order valence-corrected chi connectivity index (χ2v) is 7.42. The summed E-state index contributed by atoms with van der Waals surface area (Å²) in [5.41, 5.74) is 4.97. The maximum absolute atomic E-state index is 4.36. The Morgan fingerprint density at radius 2 is 2.10 bits per heavy atom. The third kappa shape index (κ3) is 5.96. The lowest BCUT2D eigenvalue weighted by Gasteiger charge is -2.24. The molecule has 0 saturated heterocycles. The van der Waals surface area contributed by atoms with Gasteiger partial charge >= 0.3 is 0 Å². The van der Waals surface area contributed by atoms with Crippen molar-refractivity contribution in [2.75, 3.05) is 34.2 Å². The van der Waals surface area contributed by atoms with E-state index < -0.39 is 0 Å². The van der Waals surface area contributed by atoms with Crippen LogP contribution in [-0.2, 0) is 13.5 Å². The average Bonchev–Trinajstić information content (AvgIpc) is 3.26. The molecule has 2 aromatic heterocycles. The van der Waals surface area contributed by atoms with Gasteiger partial charge in [-0.3, -0.25) is 9.67 Å². The molecule has 0 spiro atoms. The zero-order valence-electron chi connectivity index (χ0n) is 17.9. The normalized spacial score (nSPS) is 12.8. The van der Waals surface area contributed by atoms with E-state index in [2.05, 4.69) is 82.2 Å². The van der Waals surface area contributed by atoms with Gasteiger partial charge in [0.25, 0.3) is 0 Å². The Morgan fingerprint density at radius 1 is 1.31 bits per heavy atom. The third-order valence-electron chi connectivity index (χ3n) is 5.03. The van der Waals surface area contributed by atoms with Gasteiger partial charge in [-0.05, 0) is 44.6 Å². The number of fused-ring (bicyclic) bond motifs is 1. The Balaban J connectivity index is 0.00000300. The van der Waals surface area contributed by atoms with Gasteiger partial charge in [-0.15, -0.1) is 24.0 Å². The van der Waals surface area contributed by atoms with E-state index >= 15 is 0 Å². The van der Waals surface area contributed by atoms with E-state index in [4.69, 9.17) is 0 Å². The van der Waals surface area contributed by atoms with Crippen LogP contribution in [0.5, 0.6) is 0 Å². The summed E-state index contributed by atoms with van der Waals surface area (Å²) in [4.78, 5) is 9.91. The quantitative estimate of drug-likeness (QED) is 0.260. The Hall–Kier alpha value is -2.07. The molecular formula is C21H32IN7. The average molecular weight is 509 g/mol. The number of nitrogens with zero attached hydrogens (tertiary/aromatic N) is 4. The number of aromatic nitrogens is 3. The lowest BCUT2D eigenvalue weighted by atomic mass is 10.1. The van der Waals surface area contributed by atoms with Crippen LogP contribution in [0.15, 0.2) is 41.8 Å². The molecule has 29 heavy (non-hydrogen) atoms. The minimum atomic E-state index is 0.